The largest absolute Gasteiger partial charge is 0.485 e. The summed E-state index contributed by atoms with van der Waals surface area (Å²) in [6.07, 6.45) is 2.14. The lowest BCUT2D eigenvalue weighted by Gasteiger charge is -2.12. The highest BCUT2D eigenvalue weighted by molar-refractivity contribution is 7.98. The van der Waals surface area contributed by atoms with E-state index in [4.69, 9.17) is 4.74 Å². The quantitative estimate of drug-likeness (QED) is 0.345. The molecule has 8 nitrogen and oxygen atoms in total. The number of nitrogens with zero attached hydrogens (tertiary/aromatic N) is 7. The maximum atomic E-state index is 6.04. The lowest BCUT2D eigenvalue weighted by atomic mass is 10.2. The number of para-hydroxylation sites is 2. The van der Waals surface area contributed by atoms with Gasteiger partial charge in [-0.1, -0.05) is 61.5 Å². The molecule has 0 atom stereocenters. The molecule has 0 bridgehead atoms. The van der Waals surface area contributed by atoms with Gasteiger partial charge in [-0.05, 0) is 47.5 Å². The number of aryl methyl sites for hydroxylation is 2. The summed E-state index contributed by atoms with van der Waals surface area (Å²) in [6, 6.07) is 18.0. The molecule has 4 aromatic rings. The molecular formula is C22H25N7OS. The molecule has 0 fully saturated rings. The Balaban J connectivity index is 1.55. The zero-order chi connectivity index (χ0) is 21.5. The number of aromatic nitrogens is 7. The maximum Gasteiger partial charge on any atom is 0.196 e. The topological polar surface area (TPSA) is 83.5 Å². The van der Waals surface area contributed by atoms with E-state index in [2.05, 4.69) is 32.6 Å². The van der Waals surface area contributed by atoms with Gasteiger partial charge in [0.2, 0.25) is 0 Å². The highest BCUT2D eigenvalue weighted by atomic mass is 32.2. The van der Waals surface area contributed by atoms with Crippen LogP contribution in [0.1, 0.15) is 37.0 Å². The van der Waals surface area contributed by atoms with Gasteiger partial charge in [0.15, 0.2) is 16.8 Å². The second-order valence-corrected chi connectivity index (χ2v) is 8.03. The monoisotopic (exact) mass is 435 g/mol. The lowest BCUT2D eigenvalue weighted by molar-refractivity contribution is 0.291. The molecule has 0 amide bonds. The minimum atomic E-state index is 0.321. The van der Waals surface area contributed by atoms with E-state index in [9.17, 15) is 0 Å². The average Bonchev–Trinajstić information content (AvgIpc) is 3.42. The Labute approximate surface area is 185 Å². The molecule has 2 aromatic heterocycles. The first-order valence-electron chi connectivity index (χ1n) is 10.3. The van der Waals surface area contributed by atoms with Crippen LogP contribution in [0.25, 0.3) is 5.69 Å². The van der Waals surface area contributed by atoms with Gasteiger partial charge in [-0.3, -0.25) is 4.57 Å². The standard InChI is InChI=1S/C22H25N7OS/c1-3-4-14-28-21(24-26-27-28)16-31-22-25-23-20(29(22)18-11-6-5-7-12-18)15-30-19-13-9-8-10-17(19)2/h5-13H,3-4,14-16H2,1-2H3. The zero-order valence-corrected chi connectivity index (χ0v) is 18.5. The van der Waals surface area contributed by atoms with Crippen LogP contribution in [-0.2, 0) is 18.9 Å². The fraction of sp³-hybridized carbons (Fsp3) is 0.318. The Morgan fingerprint density at radius 1 is 0.935 bits per heavy atom. The number of hydrogen-bond acceptors (Lipinski definition) is 7. The first kappa shape index (κ1) is 21.0. The molecule has 0 saturated heterocycles. The lowest BCUT2D eigenvalue weighted by Crippen LogP contribution is -2.08. The summed E-state index contributed by atoms with van der Waals surface area (Å²) in [5, 5.41) is 21.7. The van der Waals surface area contributed by atoms with Gasteiger partial charge in [-0.25, -0.2) is 4.68 Å². The number of tetrazole rings is 1. The molecule has 31 heavy (non-hydrogen) atoms. The summed E-state index contributed by atoms with van der Waals surface area (Å²) < 4.78 is 9.94. The maximum absolute atomic E-state index is 6.04. The molecule has 2 aromatic carbocycles. The highest BCUT2D eigenvalue weighted by Gasteiger charge is 2.17. The average molecular weight is 436 g/mol. The van der Waals surface area contributed by atoms with Crippen molar-refractivity contribution in [3.05, 3.63) is 71.8 Å². The third kappa shape index (κ3) is 5.11. The molecule has 0 aliphatic heterocycles. The van der Waals surface area contributed by atoms with Crippen LogP contribution in [0, 0.1) is 6.92 Å². The van der Waals surface area contributed by atoms with E-state index < -0.39 is 0 Å². The van der Waals surface area contributed by atoms with Crippen molar-refractivity contribution >= 4 is 11.8 Å². The van der Waals surface area contributed by atoms with Crippen LogP contribution in [0.5, 0.6) is 5.75 Å². The normalized spacial score (nSPS) is 11.0. The molecule has 4 rings (SSSR count). The Kier molecular flexibility index (Phi) is 6.93. The zero-order valence-electron chi connectivity index (χ0n) is 17.7. The number of benzene rings is 2. The molecule has 0 aliphatic rings. The Bertz CT molecular complexity index is 1110. The summed E-state index contributed by atoms with van der Waals surface area (Å²) in [5.74, 6) is 3.02. The first-order valence-corrected chi connectivity index (χ1v) is 11.3. The van der Waals surface area contributed by atoms with Crippen molar-refractivity contribution in [1.29, 1.82) is 0 Å². The smallest absolute Gasteiger partial charge is 0.196 e. The van der Waals surface area contributed by atoms with Gasteiger partial charge in [0, 0.05) is 12.2 Å². The molecule has 0 N–H and O–H groups in total. The van der Waals surface area contributed by atoms with Crippen molar-refractivity contribution in [1.82, 2.24) is 35.0 Å². The summed E-state index contributed by atoms with van der Waals surface area (Å²) in [7, 11) is 0. The van der Waals surface area contributed by atoms with Crippen LogP contribution in [0.4, 0.5) is 0 Å². The van der Waals surface area contributed by atoms with Gasteiger partial charge in [0.25, 0.3) is 0 Å². The van der Waals surface area contributed by atoms with Crippen molar-refractivity contribution in [2.24, 2.45) is 0 Å². The van der Waals surface area contributed by atoms with E-state index in [-0.39, 0.29) is 0 Å². The minimum Gasteiger partial charge on any atom is -0.485 e. The molecule has 160 valence electrons. The molecule has 0 spiro atoms. The van der Waals surface area contributed by atoms with E-state index >= 15 is 0 Å². The number of thioether (sulfide) groups is 1. The van der Waals surface area contributed by atoms with Crippen molar-refractivity contribution in [3.63, 3.8) is 0 Å². The Morgan fingerprint density at radius 3 is 2.55 bits per heavy atom. The molecular weight excluding hydrogens is 410 g/mol. The second-order valence-electron chi connectivity index (χ2n) is 7.08. The van der Waals surface area contributed by atoms with Crippen molar-refractivity contribution in [2.75, 3.05) is 0 Å². The third-order valence-electron chi connectivity index (χ3n) is 4.83. The predicted molar refractivity (Wildman–Crippen MR) is 119 cm³/mol. The van der Waals surface area contributed by atoms with Crippen molar-refractivity contribution in [2.45, 2.75) is 50.8 Å². The van der Waals surface area contributed by atoms with Gasteiger partial charge >= 0.3 is 0 Å². The predicted octanol–water partition coefficient (Wildman–Crippen LogP) is 4.23. The summed E-state index contributed by atoms with van der Waals surface area (Å²) >= 11 is 1.56. The molecule has 2 heterocycles. The first-order chi connectivity index (χ1) is 15.3. The van der Waals surface area contributed by atoms with E-state index in [0.29, 0.717) is 12.4 Å². The van der Waals surface area contributed by atoms with E-state index in [1.54, 1.807) is 11.8 Å². The van der Waals surface area contributed by atoms with Gasteiger partial charge in [-0.2, -0.15) is 0 Å². The fourth-order valence-electron chi connectivity index (χ4n) is 3.12. The van der Waals surface area contributed by atoms with Crippen LogP contribution in [0.3, 0.4) is 0 Å². The molecule has 9 heteroatoms. The summed E-state index contributed by atoms with van der Waals surface area (Å²) in [4.78, 5) is 0. The number of rotatable bonds is 10. The van der Waals surface area contributed by atoms with Gasteiger partial charge in [0.1, 0.15) is 12.4 Å². The summed E-state index contributed by atoms with van der Waals surface area (Å²) in [5.41, 5.74) is 2.07. The van der Waals surface area contributed by atoms with E-state index in [0.717, 1.165) is 53.2 Å². The SMILES string of the molecule is CCCCn1nnnc1CSc1nnc(COc2ccccc2C)n1-c1ccccc1. The van der Waals surface area contributed by atoms with Crippen LogP contribution in [-0.4, -0.2) is 35.0 Å². The van der Waals surface area contributed by atoms with Gasteiger partial charge in [0.05, 0.1) is 5.75 Å². The highest BCUT2D eigenvalue weighted by Crippen LogP contribution is 2.26. The van der Waals surface area contributed by atoms with Crippen molar-refractivity contribution < 1.29 is 4.74 Å². The van der Waals surface area contributed by atoms with Crippen molar-refractivity contribution in [3.8, 4) is 11.4 Å². The number of hydrogen-bond donors (Lipinski definition) is 0. The Morgan fingerprint density at radius 2 is 1.74 bits per heavy atom. The van der Waals surface area contributed by atoms with Gasteiger partial charge < -0.3 is 4.74 Å². The van der Waals surface area contributed by atoms with Crippen LogP contribution in [0.2, 0.25) is 0 Å². The number of unbranched alkanes of at least 4 members (excludes halogenated alkanes) is 1. The summed E-state index contributed by atoms with van der Waals surface area (Å²) in [6.45, 7) is 5.32. The third-order valence-corrected chi connectivity index (χ3v) is 5.75. The van der Waals surface area contributed by atoms with Crippen LogP contribution in [0.15, 0.2) is 59.8 Å². The van der Waals surface area contributed by atoms with Crippen LogP contribution < -0.4 is 4.74 Å². The van der Waals surface area contributed by atoms with E-state index in [1.165, 1.54) is 0 Å². The number of ether oxygens (including phenoxy) is 1. The van der Waals surface area contributed by atoms with Crippen LogP contribution >= 0.6 is 11.8 Å². The fourth-order valence-corrected chi connectivity index (χ4v) is 4.03. The molecule has 0 aliphatic carbocycles. The minimum absolute atomic E-state index is 0.321. The van der Waals surface area contributed by atoms with Gasteiger partial charge in [-0.15, -0.1) is 15.3 Å². The van der Waals surface area contributed by atoms with E-state index in [1.807, 2.05) is 70.8 Å². The second kappa shape index (κ2) is 10.2. The Hall–Kier alpha value is -3.20. The molecule has 0 radical (unpaired) electrons. The molecule has 0 saturated carbocycles. The molecule has 0 unspecified atom stereocenters.